The Kier molecular flexibility index (Phi) is 4.95. The lowest BCUT2D eigenvalue weighted by molar-refractivity contribution is -0.145. The van der Waals surface area contributed by atoms with Gasteiger partial charge in [-0.1, -0.05) is 11.6 Å². The van der Waals surface area contributed by atoms with Crippen molar-refractivity contribution < 1.29 is 17.9 Å². The SMILES string of the molecule is FC(F)(F)c1nc(Cl)cc(OCCCc2ccncc2)n1. The van der Waals surface area contributed by atoms with Crippen LogP contribution in [0.15, 0.2) is 30.6 Å². The molecule has 0 radical (unpaired) electrons. The van der Waals surface area contributed by atoms with Gasteiger partial charge in [-0.05, 0) is 30.5 Å². The fraction of sp³-hybridized carbons (Fsp3) is 0.308. The summed E-state index contributed by atoms with van der Waals surface area (Å²) in [6.45, 7) is 0.229. The molecule has 8 heteroatoms. The predicted octanol–water partition coefficient (Wildman–Crippen LogP) is 3.56. The predicted molar refractivity (Wildman–Crippen MR) is 70.1 cm³/mol. The van der Waals surface area contributed by atoms with Gasteiger partial charge in [-0.3, -0.25) is 4.98 Å². The molecule has 0 aliphatic carbocycles. The summed E-state index contributed by atoms with van der Waals surface area (Å²) in [5, 5.41) is -0.304. The van der Waals surface area contributed by atoms with Crippen LogP contribution in [0.25, 0.3) is 0 Å². The van der Waals surface area contributed by atoms with E-state index < -0.39 is 12.0 Å². The van der Waals surface area contributed by atoms with Gasteiger partial charge in [0.05, 0.1) is 6.61 Å². The zero-order valence-electron chi connectivity index (χ0n) is 10.8. The number of nitrogens with zero attached hydrogens (tertiary/aromatic N) is 3. The second kappa shape index (κ2) is 6.71. The third-order valence-electron chi connectivity index (χ3n) is 2.53. The maximum atomic E-state index is 12.5. The molecule has 0 saturated carbocycles. The lowest BCUT2D eigenvalue weighted by atomic mass is 10.1. The Morgan fingerprint density at radius 3 is 2.52 bits per heavy atom. The van der Waals surface area contributed by atoms with Crippen LogP contribution in [0.3, 0.4) is 0 Å². The van der Waals surface area contributed by atoms with Gasteiger partial charge in [-0.25, -0.2) is 4.98 Å². The molecule has 112 valence electrons. The highest BCUT2D eigenvalue weighted by atomic mass is 35.5. The Balaban J connectivity index is 1.90. The van der Waals surface area contributed by atoms with Crippen molar-refractivity contribution in [1.82, 2.24) is 15.0 Å². The van der Waals surface area contributed by atoms with E-state index in [-0.39, 0.29) is 17.6 Å². The highest BCUT2D eigenvalue weighted by molar-refractivity contribution is 6.29. The van der Waals surface area contributed by atoms with Gasteiger partial charge < -0.3 is 4.74 Å². The molecule has 0 aliphatic rings. The van der Waals surface area contributed by atoms with Crippen LogP contribution in [-0.2, 0) is 12.6 Å². The maximum absolute atomic E-state index is 12.5. The van der Waals surface area contributed by atoms with Crippen molar-refractivity contribution in [3.63, 3.8) is 0 Å². The van der Waals surface area contributed by atoms with E-state index in [1.165, 1.54) is 0 Å². The Labute approximate surface area is 124 Å². The number of alkyl halides is 3. The molecular weight excluding hydrogens is 307 g/mol. The molecule has 4 nitrogen and oxygen atoms in total. The number of aryl methyl sites for hydroxylation is 1. The van der Waals surface area contributed by atoms with Crippen molar-refractivity contribution in [2.24, 2.45) is 0 Å². The molecule has 0 saturated heterocycles. The van der Waals surface area contributed by atoms with E-state index in [4.69, 9.17) is 16.3 Å². The zero-order valence-corrected chi connectivity index (χ0v) is 11.5. The fourth-order valence-electron chi connectivity index (χ4n) is 1.60. The summed E-state index contributed by atoms with van der Waals surface area (Å²) in [5.41, 5.74) is 1.07. The third-order valence-corrected chi connectivity index (χ3v) is 2.73. The molecule has 2 heterocycles. The van der Waals surface area contributed by atoms with Crippen LogP contribution < -0.4 is 4.74 Å². The van der Waals surface area contributed by atoms with Gasteiger partial charge in [0.15, 0.2) is 0 Å². The molecule has 0 atom stereocenters. The second-order valence-corrected chi connectivity index (χ2v) is 4.54. The van der Waals surface area contributed by atoms with Gasteiger partial charge >= 0.3 is 6.18 Å². The van der Waals surface area contributed by atoms with Crippen molar-refractivity contribution in [2.45, 2.75) is 19.0 Å². The van der Waals surface area contributed by atoms with Crippen molar-refractivity contribution >= 4 is 11.6 Å². The molecule has 0 spiro atoms. The number of halogens is 4. The average molecular weight is 318 g/mol. The van der Waals surface area contributed by atoms with E-state index in [1.54, 1.807) is 12.4 Å². The smallest absolute Gasteiger partial charge is 0.451 e. The number of aromatic nitrogens is 3. The Morgan fingerprint density at radius 1 is 1.14 bits per heavy atom. The topological polar surface area (TPSA) is 47.9 Å². The highest BCUT2D eigenvalue weighted by Gasteiger charge is 2.35. The van der Waals surface area contributed by atoms with Crippen LogP contribution >= 0.6 is 11.6 Å². The molecule has 0 aliphatic heterocycles. The molecule has 2 rings (SSSR count). The molecule has 0 fully saturated rings. The zero-order chi connectivity index (χ0) is 15.3. The molecule has 0 bridgehead atoms. The average Bonchev–Trinajstić information content (AvgIpc) is 2.43. The van der Waals surface area contributed by atoms with Crippen molar-refractivity contribution in [2.75, 3.05) is 6.61 Å². The van der Waals surface area contributed by atoms with Gasteiger partial charge in [-0.15, -0.1) is 0 Å². The summed E-state index contributed by atoms with van der Waals surface area (Å²) >= 11 is 5.53. The van der Waals surface area contributed by atoms with Gasteiger partial charge in [0, 0.05) is 18.5 Å². The molecule has 0 amide bonds. The van der Waals surface area contributed by atoms with Gasteiger partial charge in [-0.2, -0.15) is 18.2 Å². The number of hydrogen-bond acceptors (Lipinski definition) is 4. The first-order valence-corrected chi connectivity index (χ1v) is 6.46. The first-order chi connectivity index (χ1) is 9.95. The van der Waals surface area contributed by atoms with Crippen LogP contribution in [0, 0.1) is 0 Å². The highest BCUT2D eigenvalue weighted by Crippen LogP contribution is 2.28. The molecule has 21 heavy (non-hydrogen) atoms. The second-order valence-electron chi connectivity index (χ2n) is 4.16. The van der Waals surface area contributed by atoms with Crippen LogP contribution in [0.5, 0.6) is 5.88 Å². The van der Waals surface area contributed by atoms with Crippen LogP contribution in [0.4, 0.5) is 13.2 Å². The normalized spacial score (nSPS) is 11.4. The van der Waals surface area contributed by atoms with Gasteiger partial charge in [0.2, 0.25) is 11.7 Å². The summed E-state index contributed by atoms with van der Waals surface area (Å²) < 4.78 is 42.7. The van der Waals surface area contributed by atoms with Crippen molar-refractivity contribution in [3.8, 4) is 5.88 Å². The number of rotatable bonds is 5. The van der Waals surface area contributed by atoms with E-state index in [2.05, 4.69) is 15.0 Å². The van der Waals surface area contributed by atoms with E-state index >= 15 is 0 Å². The number of ether oxygens (including phenoxy) is 1. The molecule has 0 aromatic carbocycles. The Morgan fingerprint density at radius 2 is 1.86 bits per heavy atom. The molecular formula is C13H11ClF3N3O. The molecule has 0 unspecified atom stereocenters. The van der Waals surface area contributed by atoms with E-state index in [0.717, 1.165) is 18.1 Å². The summed E-state index contributed by atoms with van der Waals surface area (Å²) in [7, 11) is 0. The lowest BCUT2D eigenvalue weighted by Crippen LogP contribution is -2.12. The molecule has 2 aromatic rings. The first-order valence-electron chi connectivity index (χ1n) is 6.08. The Bertz CT molecular complexity index is 593. The Hall–Kier alpha value is -1.89. The fourth-order valence-corrected chi connectivity index (χ4v) is 1.77. The third kappa shape index (κ3) is 4.86. The minimum Gasteiger partial charge on any atom is -0.478 e. The van der Waals surface area contributed by atoms with Crippen molar-refractivity contribution in [3.05, 3.63) is 47.1 Å². The summed E-state index contributed by atoms with van der Waals surface area (Å²) in [6, 6.07) is 4.88. The van der Waals surface area contributed by atoms with Gasteiger partial charge in [0.1, 0.15) is 5.15 Å². The van der Waals surface area contributed by atoms with Crippen molar-refractivity contribution in [1.29, 1.82) is 0 Å². The van der Waals surface area contributed by atoms with Gasteiger partial charge in [0.25, 0.3) is 0 Å². The molecule has 0 N–H and O–H groups in total. The van der Waals surface area contributed by atoms with E-state index in [9.17, 15) is 13.2 Å². The lowest BCUT2D eigenvalue weighted by Gasteiger charge is -2.09. The van der Waals surface area contributed by atoms with E-state index in [1.807, 2.05) is 12.1 Å². The summed E-state index contributed by atoms with van der Waals surface area (Å²) in [4.78, 5) is 10.3. The monoisotopic (exact) mass is 317 g/mol. The first kappa shape index (κ1) is 15.5. The summed E-state index contributed by atoms with van der Waals surface area (Å²) in [6.07, 6.45) is 0.0620. The minimum atomic E-state index is -4.65. The maximum Gasteiger partial charge on any atom is 0.451 e. The van der Waals surface area contributed by atoms with Crippen LogP contribution in [0.2, 0.25) is 5.15 Å². The minimum absolute atomic E-state index is 0.183. The number of pyridine rings is 1. The number of hydrogen-bond donors (Lipinski definition) is 0. The largest absolute Gasteiger partial charge is 0.478 e. The van der Waals surface area contributed by atoms with E-state index in [0.29, 0.717) is 6.42 Å². The summed E-state index contributed by atoms with van der Waals surface area (Å²) in [5.74, 6) is -1.49. The molecule has 2 aromatic heterocycles. The van der Waals surface area contributed by atoms with Crippen LogP contribution in [0.1, 0.15) is 17.8 Å². The van der Waals surface area contributed by atoms with Crippen LogP contribution in [-0.4, -0.2) is 21.6 Å². The standard InChI is InChI=1S/C13H11ClF3N3O/c14-10-8-11(20-12(19-10)13(15,16)17)21-7-1-2-9-3-5-18-6-4-9/h3-6,8H,1-2,7H2. The quantitative estimate of drug-likeness (QED) is 0.625.